The molecule has 1 aromatic rings. The predicted molar refractivity (Wildman–Crippen MR) is 66.6 cm³/mol. The fourth-order valence-electron chi connectivity index (χ4n) is 2.76. The van der Waals surface area contributed by atoms with Crippen molar-refractivity contribution in [2.75, 3.05) is 0 Å². The van der Waals surface area contributed by atoms with Crippen molar-refractivity contribution in [3.63, 3.8) is 0 Å². The molecule has 3 nitrogen and oxygen atoms in total. The lowest BCUT2D eigenvalue weighted by Gasteiger charge is -2.26. The lowest BCUT2D eigenvalue weighted by Crippen LogP contribution is -2.24. The summed E-state index contributed by atoms with van der Waals surface area (Å²) in [4.78, 5) is 0. The second-order valence-electron chi connectivity index (χ2n) is 4.95. The highest BCUT2D eigenvalue weighted by atomic mass is 127. The van der Waals surface area contributed by atoms with Gasteiger partial charge in [-0.2, -0.15) is 0 Å². The first kappa shape index (κ1) is 11.4. The largest absolute Gasteiger partial charge is 0.416 e. The van der Waals surface area contributed by atoms with Gasteiger partial charge in [0.1, 0.15) is 0 Å². The molecule has 0 bridgehead atoms. The molecule has 1 aliphatic rings. The summed E-state index contributed by atoms with van der Waals surface area (Å²) in [5.41, 5.74) is 0.185. The zero-order valence-corrected chi connectivity index (χ0v) is 11.5. The monoisotopic (exact) mass is 320 g/mol. The molecule has 0 aliphatic heterocycles. The van der Waals surface area contributed by atoms with Crippen LogP contribution in [0.15, 0.2) is 4.42 Å². The maximum atomic E-state index is 5.64. The van der Waals surface area contributed by atoms with Gasteiger partial charge in [-0.25, -0.2) is 0 Å². The molecule has 15 heavy (non-hydrogen) atoms. The summed E-state index contributed by atoms with van der Waals surface area (Å²) in [7, 11) is 0. The summed E-state index contributed by atoms with van der Waals surface area (Å²) in [5.74, 6) is 1.56. The fraction of sp³-hybridized carbons (Fsp3) is 0.818. The van der Waals surface area contributed by atoms with Gasteiger partial charge in [-0.1, -0.05) is 26.7 Å². The first-order valence-corrected chi connectivity index (χ1v) is 6.70. The highest BCUT2D eigenvalue weighted by Crippen LogP contribution is 2.44. The van der Waals surface area contributed by atoms with Gasteiger partial charge in [0.2, 0.25) is 5.89 Å². The van der Waals surface area contributed by atoms with Crippen molar-refractivity contribution in [1.82, 2.24) is 10.2 Å². The molecule has 1 aliphatic carbocycles. The van der Waals surface area contributed by atoms with Gasteiger partial charge in [0.15, 0.2) is 0 Å². The maximum Gasteiger partial charge on any atom is 0.278 e. The molecule has 0 unspecified atom stereocenters. The Morgan fingerprint density at radius 3 is 2.47 bits per heavy atom. The smallest absolute Gasteiger partial charge is 0.278 e. The molecule has 1 fully saturated rings. The predicted octanol–water partition coefficient (Wildman–Crippen LogP) is 3.53. The van der Waals surface area contributed by atoms with E-state index in [4.69, 9.17) is 4.42 Å². The zero-order chi connectivity index (χ0) is 10.9. The minimum atomic E-state index is 0.185. The SMILES string of the molecule is CC(C)CC1(c2nnc(I)o2)CCCC1. The normalized spacial score (nSPS) is 20.0. The number of nitrogens with zero attached hydrogens (tertiary/aromatic N) is 2. The van der Waals surface area contributed by atoms with Crippen LogP contribution in [0.2, 0.25) is 0 Å². The number of halogens is 1. The van der Waals surface area contributed by atoms with E-state index in [0.29, 0.717) is 9.82 Å². The van der Waals surface area contributed by atoms with E-state index in [2.05, 4.69) is 46.6 Å². The van der Waals surface area contributed by atoms with Crippen molar-refractivity contribution in [2.45, 2.75) is 51.4 Å². The molecule has 0 saturated heterocycles. The Labute approximate surface area is 104 Å². The summed E-state index contributed by atoms with van der Waals surface area (Å²) in [6.45, 7) is 4.53. The van der Waals surface area contributed by atoms with Crippen LogP contribution in [0.1, 0.15) is 51.8 Å². The van der Waals surface area contributed by atoms with Gasteiger partial charge in [-0.3, -0.25) is 0 Å². The maximum absolute atomic E-state index is 5.64. The van der Waals surface area contributed by atoms with Crippen molar-refractivity contribution in [2.24, 2.45) is 5.92 Å². The lowest BCUT2D eigenvalue weighted by atomic mass is 9.78. The van der Waals surface area contributed by atoms with Crippen LogP contribution in [-0.2, 0) is 5.41 Å². The minimum absolute atomic E-state index is 0.185. The van der Waals surface area contributed by atoms with Crippen LogP contribution in [0.4, 0.5) is 0 Å². The molecule has 0 N–H and O–H groups in total. The average Bonchev–Trinajstić information content (AvgIpc) is 2.73. The summed E-state index contributed by atoms with van der Waals surface area (Å²) >= 11 is 2.09. The van der Waals surface area contributed by atoms with E-state index in [1.807, 2.05) is 0 Å². The van der Waals surface area contributed by atoms with Crippen molar-refractivity contribution in [1.29, 1.82) is 0 Å². The quantitative estimate of drug-likeness (QED) is 0.800. The summed E-state index contributed by atoms with van der Waals surface area (Å²) in [6, 6.07) is 0. The molecule has 0 amide bonds. The average molecular weight is 320 g/mol. The van der Waals surface area contributed by atoms with Gasteiger partial charge in [0.25, 0.3) is 3.90 Å². The summed E-state index contributed by atoms with van der Waals surface area (Å²) in [5, 5.41) is 8.18. The second-order valence-corrected chi connectivity index (χ2v) is 5.87. The molecule has 0 radical (unpaired) electrons. The summed E-state index contributed by atoms with van der Waals surface area (Å²) < 4.78 is 6.30. The van der Waals surface area contributed by atoms with Gasteiger partial charge in [0.05, 0.1) is 0 Å². The van der Waals surface area contributed by atoms with Crippen LogP contribution in [0, 0.1) is 9.82 Å². The third-order valence-electron chi connectivity index (χ3n) is 3.21. The molecule has 1 heterocycles. The number of hydrogen-bond acceptors (Lipinski definition) is 3. The van der Waals surface area contributed by atoms with E-state index in [1.165, 1.54) is 32.1 Å². The highest BCUT2D eigenvalue weighted by Gasteiger charge is 2.40. The number of rotatable bonds is 3. The molecule has 1 saturated carbocycles. The Morgan fingerprint density at radius 1 is 1.33 bits per heavy atom. The second kappa shape index (κ2) is 4.39. The van der Waals surface area contributed by atoms with Gasteiger partial charge < -0.3 is 4.42 Å². The van der Waals surface area contributed by atoms with Crippen LogP contribution >= 0.6 is 22.6 Å². The van der Waals surface area contributed by atoms with E-state index in [1.54, 1.807) is 0 Å². The first-order chi connectivity index (χ1) is 7.12. The Balaban J connectivity index is 2.26. The van der Waals surface area contributed by atoms with Gasteiger partial charge in [0, 0.05) is 28.0 Å². The van der Waals surface area contributed by atoms with Gasteiger partial charge in [-0.05, 0) is 25.2 Å². The number of hydrogen-bond donors (Lipinski definition) is 0. The van der Waals surface area contributed by atoms with Crippen LogP contribution in [0.5, 0.6) is 0 Å². The van der Waals surface area contributed by atoms with E-state index in [0.717, 1.165) is 5.89 Å². The zero-order valence-electron chi connectivity index (χ0n) is 9.29. The molecule has 0 atom stereocenters. The van der Waals surface area contributed by atoms with Crippen LogP contribution in [0.3, 0.4) is 0 Å². The van der Waals surface area contributed by atoms with Crippen LogP contribution < -0.4 is 0 Å². The standard InChI is InChI=1S/C11H17IN2O/c1-8(2)7-11(5-3-4-6-11)9-13-14-10(12)15-9/h8H,3-7H2,1-2H3. The minimum Gasteiger partial charge on any atom is -0.416 e. The Hall–Kier alpha value is -0.130. The Bertz CT molecular complexity index is 329. The van der Waals surface area contributed by atoms with E-state index < -0.39 is 0 Å². The molecule has 0 aromatic carbocycles. The molecule has 84 valence electrons. The van der Waals surface area contributed by atoms with Crippen LogP contribution in [0.25, 0.3) is 0 Å². The van der Waals surface area contributed by atoms with Gasteiger partial charge in [-0.15, -0.1) is 10.2 Å². The van der Waals surface area contributed by atoms with E-state index in [9.17, 15) is 0 Å². The van der Waals surface area contributed by atoms with E-state index in [-0.39, 0.29) is 5.41 Å². The third kappa shape index (κ3) is 2.34. The molecule has 1 aromatic heterocycles. The Morgan fingerprint density at radius 2 is 2.00 bits per heavy atom. The van der Waals surface area contributed by atoms with Gasteiger partial charge >= 0.3 is 0 Å². The van der Waals surface area contributed by atoms with E-state index >= 15 is 0 Å². The molecule has 4 heteroatoms. The van der Waals surface area contributed by atoms with Crippen molar-refractivity contribution in [3.05, 3.63) is 9.79 Å². The van der Waals surface area contributed by atoms with Crippen molar-refractivity contribution in [3.8, 4) is 0 Å². The van der Waals surface area contributed by atoms with Crippen molar-refractivity contribution < 1.29 is 4.42 Å². The first-order valence-electron chi connectivity index (χ1n) is 5.62. The molecular formula is C11H17IN2O. The van der Waals surface area contributed by atoms with Crippen LogP contribution in [-0.4, -0.2) is 10.2 Å². The Kier molecular flexibility index (Phi) is 3.33. The van der Waals surface area contributed by atoms with Crippen molar-refractivity contribution >= 4 is 22.6 Å². The fourth-order valence-corrected chi connectivity index (χ4v) is 3.07. The summed E-state index contributed by atoms with van der Waals surface area (Å²) in [6.07, 6.45) is 6.19. The molecule has 0 spiro atoms. The third-order valence-corrected chi connectivity index (χ3v) is 3.65. The molecular weight excluding hydrogens is 303 g/mol. The lowest BCUT2D eigenvalue weighted by molar-refractivity contribution is 0.269. The number of aromatic nitrogens is 2. The topological polar surface area (TPSA) is 38.9 Å². The molecule has 2 rings (SSSR count). The highest BCUT2D eigenvalue weighted by molar-refractivity contribution is 14.1.